The van der Waals surface area contributed by atoms with Gasteiger partial charge < -0.3 is 15.3 Å². The van der Waals surface area contributed by atoms with E-state index in [1.54, 1.807) is 30.3 Å². The first-order chi connectivity index (χ1) is 12.1. The fraction of sp³-hybridized carbons (Fsp3) is 0.529. The molecule has 25 heavy (non-hydrogen) atoms. The van der Waals surface area contributed by atoms with Gasteiger partial charge in [0.1, 0.15) is 17.8 Å². The maximum Gasteiger partial charge on any atom is 0.269 e. The second-order valence-corrected chi connectivity index (χ2v) is 6.87. The summed E-state index contributed by atoms with van der Waals surface area (Å²) in [7, 11) is 1.76. The molecule has 8 nitrogen and oxygen atoms in total. The van der Waals surface area contributed by atoms with Crippen LogP contribution in [0.1, 0.15) is 41.4 Å². The minimum absolute atomic E-state index is 0.0853. The summed E-state index contributed by atoms with van der Waals surface area (Å²) in [6.45, 7) is 1.45. The van der Waals surface area contributed by atoms with Gasteiger partial charge in [-0.1, -0.05) is 0 Å². The molecule has 2 aromatic heterocycles. The van der Waals surface area contributed by atoms with Gasteiger partial charge in [-0.3, -0.25) is 9.48 Å². The molecule has 2 fully saturated rings. The van der Waals surface area contributed by atoms with E-state index in [4.69, 9.17) is 0 Å². The van der Waals surface area contributed by atoms with Gasteiger partial charge in [-0.15, -0.1) is 0 Å². The lowest BCUT2D eigenvalue weighted by molar-refractivity contribution is 0.0898. The van der Waals surface area contributed by atoms with Crippen LogP contribution < -0.4 is 10.2 Å². The monoisotopic (exact) mass is 342 g/mol. The number of carbonyl (C=O) groups excluding carboxylic acids is 1. The van der Waals surface area contributed by atoms with Crippen LogP contribution in [0.4, 0.5) is 5.82 Å². The molecule has 0 bridgehead atoms. The third-order valence-electron chi connectivity index (χ3n) is 5.11. The van der Waals surface area contributed by atoms with Crippen LogP contribution in [0.5, 0.6) is 0 Å². The van der Waals surface area contributed by atoms with E-state index in [0.29, 0.717) is 18.2 Å². The average Bonchev–Trinajstić information content (AvgIpc) is 3.19. The van der Waals surface area contributed by atoms with Gasteiger partial charge in [-0.25, -0.2) is 9.97 Å². The minimum atomic E-state index is -0.270. The fourth-order valence-electron chi connectivity index (χ4n) is 3.54. The largest absolute Gasteiger partial charge is 0.391 e. The van der Waals surface area contributed by atoms with Crippen molar-refractivity contribution in [1.82, 2.24) is 25.1 Å². The van der Waals surface area contributed by atoms with Crippen LogP contribution in [0.2, 0.25) is 0 Å². The molecule has 1 atom stereocenters. The summed E-state index contributed by atoms with van der Waals surface area (Å²) in [6, 6.07) is 3.90. The normalized spacial score (nSPS) is 25.7. The number of aliphatic hydroxyl groups excluding tert-OH is 1. The number of hydrogen-bond donors (Lipinski definition) is 2. The van der Waals surface area contributed by atoms with Crippen LogP contribution >= 0.6 is 0 Å². The van der Waals surface area contributed by atoms with Gasteiger partial charge in [-0.05, 0) is 25.3 Å². The number of nitrogens with one attached hydrogen (secondary N) is 1. The van der Waals surface area contributed by atoms with Gasteiger partial charge in [0.2, 0.25) is 0 Å². The van der Waals surface area contributed by atoms with Gasteiger partial charge in [-0.2, -0.15) is 5.10 Å². The third kappa shape index (κ3) is 3.21. The van der Waals surface area contributed by atoms with Crippen molar-refractivity contribution in [3.8, 4) is 0 Å². The van der Waals surface area contributed by atoms with E-state index in [1.807, 2.05) is 6.07 Å². The Balaban J connectivity index is 1.35. The number of aliphatic hydroxyl groups is 1. The number of aromatic nitrogens is 4. The molecule has 132 valence electrons. The lowest BCUT2D eigenvalue weighted by atomic mass is 9.78. The first kappa shape index (κ1) is 16.0. The lowest BCUT2D eigenvalue weighted by Crippen LogP contribution is -2.44. The van der Waals surface area contributed by atoms with Crippen LogP contribution in [-0.2, 0) is 7.05 Å². The number of hydrogen-bond acceptors (Lipinski definition) is 6. The molecule has 0 spiro atoms. The van der Waals surface area contributed by atoms with Crippen molar-refractivity contribution in [2.75, 3.05) is 18.0 Å². The Labute approximate surface area is 145 Å². The standard InChI is InChI=1S/C17H22N6O2/c1-22-15(2-4-20-22)17(25)21-12-6-11(7-12)14-8-16(19-10-18-14)23-5-3-13(24)9-23/h2,4,8,10-13,24H,3,5-7,9H2,1H3,(H,21,25)/t11?,12?,13-/m1/s1. The molecule has 4 rings (SSSR count). The number of aryl methyl sites for hydroxylation is 1. The molecule has 1 saturated carbocycles. The number of anilines is 1. The third-order valence-corrected chi connectivity index (χ3v) is 5.11. The summed E-state index contributed by atoms with van der Waals surface area (Å²) in [6.07, 6.45) is 5.48. The highest BCUT2D eigenvalue weighted by atomic mass is 16.3. The second kappa shape index (κ2) is 6.44. The topological polar surface area (TPSA) is 96.2 Å². The lowest BCUT2D eigenvalue weighted by Gasteiger charge is -2.35. The van der Waals surface area contributed by atoms with E-state index in [2.05, 4.69) is 25.3 Å². The molecule has 2 N–H and O–H groups in total. The molecule has 1 amide bonds. The van der Waals surface area contributed by atoms with E-state index in [-0.39, 0.29) is 18.1 Å². The van der Waals surface area contributed by atoms with Crippen LogP contribution in [0, 0.1) is 0 Å². The van der Waals surface area contributed by atoms with Gasteiger partial charge in [0.15, 0.2) is 0 Å². The smallest absolute Gasteiger partial charge is 0.269 e. The summed E-state index contributed by atoms with van der Waals surface area (Å²) >= 11 is 0. The molecule has 1 aliphatic carbocycles. The first-order valence-electron chi connectivity index (χ1n) is 8.64. The van der Waals surface area contributed by atoms with Crippen LogP contribution in [0.15, 0.2) is 24.7 Å². The molecular weight excluding hydrogens is 320 g/mol. The number of rotatable bonds is 4. The Morgan fingerprint density at radius 1 is 1.36 bits per heavy atom. The molecular formula is C17H22N6O2. The quantitative estimate of drug-likeness (QED) is 0.838. The van der Waals surface area contributed by atoms with E-state index in [9.17, 15) is 9.90 Å². The van der Waals surface area contributed by atoms with Gasteiger partial charge in [0.05, 0.1) is 6.10 Å². The van der Waals surface area contributed by atoms with E-state index in [0.717, 1.165) is 37.3 Å². The maximum atomic E-state index is 12.2. The molecule has 1 aliphatic heterocycles. The Bertz CT molecular complexity index is 770. The Hall–Kier alpha value is -2.48. The fourth-order valence-corrected chi connectivity index (χ4v) is 3.54. The number of amides is 1. The predicted molar refractivity (Wildman–Crippen MR) is 91.3 cm³/mol. The van der Waals surface area contributed by atoms with E-state index in [1.165, 1.54) is 0 Å². The molecule has 2 aromatic rings. The number of nitrogens with zero attached hydrogens (tertiary/aromatic N) is 5. The summed E-state index contributed by atoms with van der Waals surface area (Å²) < 4.78 is 1.58. The molecule has 0 unspecified atom stereocenters. The van der Waals surface area contributed by atoms with E-state index >= 15 is 0 Å². The minimum Gasteiger partial charge on any atom is -0.391 e. The molecule has 8 heteroatoms. The summed E-state index contributed by atoms with van der Waals surface area (Å²) in [5.74, 6) is 1.13. The second-order valence-electron chi connectivity index (χ2n) is 6.87. The van der Waals surface area contributed by atoms with Gasteiger partial charge >= 0.3 is 0 Å². The number of β-amino-alcohol motifs (C(OH)–C–C–N with tert-alkyl or cyclic N) is 1. The van der Waals surface area contributed by atoms with Crippen molar-refractivity contribution in [1.29, 1.82) is 0 Å². The van der Waals surface area contributed by atoms with Gasteiger partial charge in [0, 0.05) is 50.1 Å². The van der Waals surface area contributed by atoms with Crippen LogP contribution in [-0.4, -0.2) is 56.0 Å². The molecule has 3 heterocycles. The van der Waals surface area contributed by atoms with Crippen LogP contribution in [0.3, 0.4) is 0 Å². The Morgan fingerprint density at radius 3 is 2.88 bits per heavy atom. The Morgan fingerprint density at radius 2 is 2.20 bits per heavy atom. The zero-order valence-electron chi connectivity index (χ0n) is 14.2. The van der Waals surface area contributed by atoms with Gasteiger partial charge in [0.25, 0.3) is 5.91 Å². The van der Waals surface area contributed by atoms with Crippen molar-refractivity contribution < 1.29 is 9.90 Å². The molecule has 2 aliphatic rings. The zero-order valence-corrected chi connectivity index (χ0v) is 14.2. The molecule has 0 radical (unpaired) electrons. The maximum absolute atomic E-state index is 12.2. The highest BCUT2D eigenvalue weighted by Gasteiger charge is 2.33. The predicted octanol–water partition coefficient (Wildman–Crippen LogP) is 0.457. The Kier molecular flexibility index (Phi) is 4.12. The zero-order chi connectivity index (χ0) is 17.4. The van der Waals surface area contributed by atoms with Crippen LogP contribution in [0.25, 0.3) is 0 Å². The summed E-state index contributed by atoms with van der Waals surface area (Å²) in [5.41, 5.74) is 1.58. The van der Waals surface area contributed by atoms with Crippen molar-refractivity contribution in [2.45, 2.75) is 37.3 Å². The van der Waals surface area contributed by atoms with Crippen molar-refractivity contribution in [3.05, 3.63) is 36.0 Å². The van der Waals surface area contributed by atoms with Crippen molar-refractivity contribution >= 4 is 11.7 Å². The molecule has 1 saturated heterocycles. The van der Waals surface area contributed by atoms with Crippen molar-refractivity contribution in [2.24, 2.45) is 7.05 Å². The number of carbonyl (C=O) groups is 1. The molecule has 0 aromatic carbocycles. The summed E-state index contributed by atoms with van der Waals surface area (Å²) in [5, 5.41) is 16.8. The van der Waals surface area contributed by atoms with E-state index < -0.39 is 0 Å². The highest BCUT2D eigenvalue weighted by Crippen LogP contribution is 2.37. The highest BCUT2D eigenvalue weighted by molar-refractivity contribution is 5.92. The van der Waals surface area contributed by atoms with Crippen molar-refractivity contribution in [3.63, 3.8) is 0 Å². The summed E-state index contributed by atoms with van der Waals surface area (Å²) in [4.78, 5) is 23.0. The SMILES string of the molecule is Cn1nccc1C(=O)NC1CC(c2cc(N3CC[C@@H](O)C3)ncn2)C1. The first-order valence-corrected chi connectivity index (χ1v) is 8.64. The average molecular weight is 342 g/mol.